The van der Waals surface area contributed by atoms with Crippen LogP contribution in [0.5, 0.6) is 0 Å². The molecule has 1 fully saturated rings. The molecule has 0 spiro atoms. The Labute approximate surface area is 120 Å². The molecule has 1 aromatic rings. The first-order valence-electron chi connectivity index (χ1n) is 7.31. The summed E-state index contributed by atoms with van der Waals surface area (Å²) in [6, 6.07) is 0. The highest BCUT2D eigenvalue weighted by molar-refractivity contribution is 7.91. The molecule has 0 amide bonds. The number of hydrogen-bond acceptors (Lipinski definition) is 4. The fraction of sp³-hybridized carbons (Fsp3) is 0.786. The van der Waals surface area contributed by atoms with Crippen molar-refractivity contribution in [2.24, 2.45) is 5.92 Å². The summed E-state index contributed by atoms with van der Waals surface area (Å²) < 4.78 is 25.2. The highest BCUT2D eigenvalue weighted by Gasteiger charge is 2.33. The normalized spacial score (nSPS) is 25.6. The summed E-state index contributed by atoms with van der Waals surface area (Å²) >= 11 is 0. The molecule has 1 N–H and O–H groups in total. The van der Waals surface area contributed by atoms with Crippen LogP contribution in [0.3, 0.4) is 0 Å². The highest BCUT2D eigenvalue weighted by atomic mass is 32.2. The lowest BCUT2D eigenvalue weighted by Crippen LogP contribution is -2.30. The third-order valence-electron chi connectivity index (χ3n) is 4.17. The van der Waals surface area contributed by atoms with E-state index in [9.17, 15) is 13.5 Å². The summed E-state index contributed by atoms with van der Waals surface area (Å²) in [5.74, 6) is 0.0164. The quantitative estimate of drug-likeness (QED) is 0.902. The van der Waals surface area contributed by atoms with E-state index >= 15 is 0 Å². The zero-order valence-corrected chi connectivity index (χ0v) is 13.0. The zero-order valence-electron chi connectivity index (χ0n) is 12.2. The van der Waals surface area contributed by atoms with Crippen LogP contribution in [0.25, 0.3) is 0 Å². The maximum atomic E-state index is 11.7. The van der Waals surface area contributed by atoms with Crippen molar-refractivity contribution in [2.75, 3.05) is 6.26 Å². The van der Waals surface area contributed by atoms with E-state index in [0.29, 0.717) is 6.42 Å². The third-order valence-corrected chi connectivity index (χ3v) is 5.81. The minimum atomic E-state index is -3.01. The number of hydrogen-bond donors (Lipinski definition) is 1. The van der Waals surface area contributed by atoms with Gasteiger partial charge in [-0.1, -0.05) is 13.3 Å². The van der Waals surface area contributed by atoms with Gasteiger partial charge in [-0.25, -0.2) is 8.42 Å². The van der Waals surface area contributed by atoms with Gasteiger partial charge in [0.1, 0.15) is 9.84 Å². The lowest BCUT2D eigenvalue weighted by molar-refractivity contribution is 0.0856. The number of aliphatic hydroxyl groups excluding tert-OH is 1. The average molecular weight is 300 g/mol. The summed E-state index contributed by atoms with van der Waals surface area (Å²) in [5, 5.41) is 14.4. The monoisotopic (exact) mass is 300 g/mol. The van der Waals surface area contributed by atoms with Gasteiger partial charge in [0.15, 0.2) is 0 Å². The van der Waals surface area contributed by atoms with E-state index in [1.165, 1.54) is 6.26 Å². The van der Waals surface area contributed by atoms with Gasteiger partial charge >= 0.3 is 0 Å². The molecular weight excluding hydrogens is 276 g/mol. The topological polar surface area (TPSA) is 72.2 Å². The summed E-state index contributed by atoms with van der Waals surface area (Å²) in [7, 11) is -3.01. The second kappa shape index (κ2) is 6.26. The summed E-state index contributed by atoms with van der Waals surface area (Å²) in [6.45, 7) is 2.92. The number of sulfone groups is 1. The van der Waals surface area contributed by atoms with Gasteiger partial charge in [0.05, 0.1) is 17.6 Å². The Hall–Kier alpha value is -0.880. The van der Waals surface area contributed by atoms with Crippen molar-refractivity contribution in [2.45, 2.75) is 56.9 Å². The SMILES string of the molecule is CCCn1cc(C(O)C2CCCC(S(C)(=O)=O)C2)cn1. The van der Waals surface area contributed by atoms with Gasteiger partial charge < -0.3 is 5.11 Å². The molecule has 1 saturated carbocycles. The van der Waals surface area contributed by atoms with Crippen molar-refractivity contribution in [3.63, 3.8) is 0 Å². The Morgan fingerprint density at radius 2 is 2.25 bits per heavy atom. The fourth-order valence-corrected chi connectivity index (χ4v) is 4.20. The molecule has 0 aromatic carbocycles. The number of aliphatic hydroxyl groups is 1. The molecule has 0 bridgehead atoms. The van der Waals surface area contributed by atoms with Crippen molar-refractivity contribution in [1.82, 2.24) is 9.78 Å². The Morgan fingerprint density at radius 3 is 2.90 bits per heavy atom. The first kappa shape index (κ1) is 15.5. The number of aryl methyl sites for hydroxylation is 1. The van der Waals surface area contributed by atoms with Gasteiger partial charge in [0.2, 0.25) is 0 Å². The van der Waals surface area contributed by atoms with Crippen LogP contribution >= 0.6 is 0 Å². The van der Waals surface area contributed by atoms with Crippen molar-refractivity contribution in [1.29, 1.82) is 0 Å². The molecule has 114 valence electrons. The van der Waals surface area contributed by atoms with Crippen LogP contribution in [-0.2, 0) is 16.4 Å². The number of aromatic nitrogens is 2. The number of nitrogens with zero attached hydrogens (tertiary/aromatic N) is 2. The second-order valence-electron chi connectivity index (χ2n) is 5.86. The van der Waals surface area contributed by atoms with Crippen LogP contribution in [0.1, 0.15) is 50.7 Å². The lowest BCUT2D eigenvalue weighted by atomic mass is 9.83. The van der Waals surface area contributed by atoms with Crippen molar-refractivity contribution >= 4 is 9.84 Å². The van der Waals surface area contributed by atoms with Gasteiger partial charge in [-0.05, 0) is 31.6 Å². The third kappa shape index (κ3) is 3.61. The Kier molecular flexibility index (Phi) is 4.86. The number of rotatable bonds is 5. The first-order chi connectivity index (χ1) is 9.41. The van der Waals surface area contributed by atoms with E-state index in [4.69, 9.17) is 0 Å². The Morgan fingerprint density at radius 1 is 1.50 bits per heavy atom. The molecule has 3 unspecified atom stereocenters. The van der Waals surface area contributed by atoms with Crippen molar-refractivity contribution < 1.29 is 13.5 Å². The summed E-state index contributed by atoms with van der Waals surface area (Å²) in [6.07, 6.45) is 8.28. The molecule has 0 saturated heterocycles. The van der Waals surface area contributed by atoms with Crippen molar-refractivity contribution in [3.8, 4) is 0 Å². The maximum absolute atomic E-state index is 11.7. The van der Waals surface area contributed by atoms with Gasteiger partial charge in [0, 0.05) is 24.6 Å². The van der Waals surface area contributed by atoms with Crippen LogP contribution in [-0.4, -0.2) is 34.8 Å². The zero-order chi connectivity index (χ0) is 14.8. The molecule has 0 aliphatic heterocycles. The summed E-state index contributed by atoms with van der Waals surface area (Å²) in [5.41, 5.74) is 0.803. The molecule has 0 radical (unpaired) electrons. The maximum Gasteiger partial charge on any atom is 0.150 e. The van der Waals surface area contributed by atoms with E-state index in [2.05, 4.69) is 12.0 Å². The average Bonchev–Trinajstić information content (AvgIpc) is 2.86. The minimum absolute atomic E-state index is 0.0164. The molecular formula is C14H24N2O3S. The van der Waals surface area contributed by atoms with E-state index < -0.39 is 15.9 Å². The molecule has 5 nitrogen and oxygen atoms in total. The van der Waals surface area contributed by atoms with Gasteiger partial charge in [-0.2, -0.15) is 5.10 Å². The lowest BCUT2D eigenvalue weighted by Gasteiger charge is -2.30. The van der Waals surface area contributed by atoms with E-state index in [-0.39, 0.29) is 11.2 Å². The van der Waals surface area contributed by atoms with E-state index in [1.54, 1.807) is 6.20 Å². The van der Waals surface area contributed by atoms with Gasteiger partial charge in [-0.15, -0.1) is 0 Å². The fourth-order valence-electron chi connectivity index (χ4n) is 3.01. The van der Waals surface area contributed by atoms with Crippen LogP contribution < -0.4 is 0 Å². The standard InChI is InChI=1S/C14H24N2O3S/c1-3-7-16-10-12(9-15-16)14(17)11-5-4-6-13(8-11)20(2,18)19/h9-11,13-14,17H,3-8H2,1-2H3. The van der Waals surface area contributed by atoms with Gasteiger partial charge in [-0.3, -0.25) is 4.68 Å². The molecule has 1 aliphatic rings. The van der Waals surface area contributed by atoms with E-state index in [1.807, 2.05) is 10.9 Å². The Bertz CT molecular complexity index is 538. The molecule has 1 aliphatic carbocycles. The van der Waals surface area contributed by atoms with Crippen LogP contribution in [0.2, 0.25) is 0 Å². The largest absolute Gasteiger partial charge is 0.388 e. The molecule has 3 atom stereocenters. The van der Waals surface area contributed by atoms with Crippen LogP contribution in [0.15, 0.2) is 12.4 Å². The molecule has 2 rings (SSSR count). The smallest absolute Gasteiger partial charge is 0.150 e. The molecule has 1 heterocycles. The van der Waals surface area contributed by atoms with Gasteiger partial charge in [0.25, 0.3) is 0 Å². The minimum Gasteiger partial charge on any atom is -0.388 e. The predicted molar refractivity (Wildman–Crippen MR) is 78.1 cm³/mol. The highest BCUT2D eigenvalue weighted by Crippen LogP contribution is 2.36. The predicted octanol–water partition coefficient (Wildman–Crippen LogP) is 1.93. The van der Waals surface area contributed by atoms with Crippen LogP contribution in [0.4, 0.5) is 0 Å². The van der Waals surface area contributed by atoms with E-state index in [0.717, 1.165) is 37.8 Å². The Balaban J connectivity index is 2.06. The molecule has 20 heavy (non-hydrogen) atoms. The second-order valence-corrected chi connectivity index (χ2v) is 8.19. The summed E-state index contributed by atoms with van der Waals surface area (Å²) in [4.78, 5) is 0. The molecule has 1 aromatic heterocycles. The first-order valence-corrected chi connectivity index (χ1v) is 9.26. The van der Waals surface area contributed by atoms with Crippen molar-refractivity contribution in [3.05, 3.63) is 18.0 Å². The molecule has 6 heteroatoms. The van der Waals surface area contributed by atoms with Crippen LogP contribution in [0, 0.1) is 5.92 Å².